The number of hydrogen-bond acceptors (Lipinski definition) is 3. The summed E-state index contributed by atoms with van der Waals surface area (Å²) in [6.07, 6.45) is 1.20. The van der Waals surface area contributed by atoms with Crippen LogP contribution >= 0.6 is 15.9 Å². The lowest BCUT2D eigenvalue weighted by Crippen LogP contribution is -2.12. The van der Waals surface area contributed by atoms with E-state index in [-0.39, 0.29) is 11.6 Å². The molecule has 6 heteroatoms. The Balaban J connectivity index is 2.22. The average molecular weight is 299 g/mol. The second kappa shape index (κ2) is 4.67. The summed E-state index contributed by atoms with van der Waals surface area (Å²) in [4.78, 5) is 15.6. The molecule has 2 aromatic rings. The van der Waals surface area contributed by atoms with E-state index < -0.39 is 5.91 Å². The Morgan fingerprint density at radius 2 is 2.29 bits per heavy atom. The first-order valence-electron chi connectivity index (χ1n) is 4.74. The van der Waals surface area contributed by atoms with Gasteiger partial charge in [-0.2, -0.15) is 0 Å². The van der Waals surface area contributed by atoms with Crippen LogP contribution in [0.2, 0.25) is 0 Å². The Hall–Kier alpha value is -1.69. The zero-order chi connectivity index (χ0) is 12.4. The van der Waals surface area contributed by atoms with Gasteiger partial charge in [0.05, 0.1) is 11.4 Å². The van der Waals surface area contributed by atoms with Crippen LogP contribution in [0.3, 0.4) is 0 Å². The van der Waals surface area contributed by atoms with Crippen LogP contribution in [-0.2, 0) is 0 Å². The summed E-state index contributed by atoms with van der Waals surface area (Å²) in [5.41, 5.74) is 0.966. The van der Waals surface area contributed by atoms with Crippen molar-refractivity contribution in [2.45, 2.75) is 6.92 Å². The highest BCUT2D eigenvalue weighted by atomic mass is 79.9. The number of amides is 1. The molecule has 17 heavy (non-hydrogen) atoms. The smallest absolute Gasteiger partial charge is 0.293 e. The molecule has 0 spiro atoms. The van der Waals surface area contributed by atoms with E-state index in [4.69, 9.17) is 4.42 Å². The number of halogens is 2. The zero-order valence-electron chi connectivity index (χ0n) is 8.83. The van der Waals surface area contributed by atoms with Crippen LogP contribution in [0, 0.1) is 12.7 Å². The lowest BCUT2D eigenvalue weighted by molar-refractivity contribution is 0.0996. The number of benzene rings is 1. The van der Waals surface area contributed by atoms with Gasteiger partial charge in [-0.25, -0.2) is 9.37 Å². The third kappa shape index (κ3) is 2.52. The Morgan fingerprint density at radius 3 is 2.88 bits per heavy atom. The number of aryl methyl sites for hydroxylation is 1. The maximum absolute atomic E-state index is 12.9. The molecule has 0 fully saturated rings. The Morgan fingerprint density at radius 1 is 1.53 bits per heavy atom. The van der Waals surface area contributed by atoms with Crippen LogP contribution < -0.4 is 5.32 Å². The van der Waals surface area contributed by atoms with Crippen LogP contribution in [0.4, 0.5) is 10.1 Å². The van der Waals surface area contributed by atoms with Gasteiger partial charge in [0.2, 0.25) is 5.76 Å². The number of rotatable bonds is 2. The Bertz CT molecular complexity index is 568. The number of carbonyl (C=O) groups excluding carboxylic acids is 1. The summed E-state index contributed by atoms with van der Waals surface area (Å²) in [7, 11) is 0. The van der Waals surface area contributed by atoms with E-state index in [0.29, 0.717) is 15.9 Å². The average Bonchev–Trinajstić information content (AvgIpc) is 2.68. The maximum Gasteiger partial charge on any atom is 0.293 e. The molecule has 1 amide bonds. The first-order chi connectivity index (χ1) is 8.08. The molecule has 4 nitrogen and oxygen atoms in total. The number of hydrogen-bond donors (Lipinski definition) is 1. The van der Waals surface area contributed by atoms with Gasteiger partial charge in [0, 0.05) is 4.47 Å². The predicted molar refractivity (Wildman–Crippen MR) is 63.3 cm³/mol. The number of anilines is 1. The fourth-order valence-corrected chi connectivity index (χ4v) is 1.74. The van der Waals surface area contributed by atoms with E-state index in [1.54, 1.807) is 6.92 Å². The minimum Gasteiger partial charge on any atom is -0.438 e. The van der Waals surface area contributed by atoms with Crippen molar-refractivity contribution in [3.63, 3.8) is 0 Å². The molecule has 0 radical (unpaired) electrons. The highest BCUT2D eigenvalue weighted by molar-refractivity contribution is 9.10. The highest BCUT2D eigenvalue weighted by Crippen LogP contribution is 2.23. The van der Waals surface area contributed by atoms with Gasteiger partial charge in [0.25, 0.3) is 5.91 Å². The number of oxazole rings is 1. The van der Waals surface area contributed by atoms with Gasteiger partial charge in [0.1, 0.15) is 5.82 Å². The second-order valence-electron chi connectivity index (χ2n) is 3.35. The first kappa shape index (κ1) is 11.8. The molecule has 1 N–H and O–H groups in total. The third-order valence-corrected chi connectivity index (χ3v) is 2.79. The van der Waals surface area contributed by atoms with Gasteiger partial charge in [-0.05, 0) is 41.1 Å². The van der Waals surface area contributed by atoms with Crippen molar-refractivity contribution < 1.29 is 13.6 Å². The molecule has 0 bridgehead atoms. The number of aromatic nitrogens is 1. The minimum atomic E-state index is -0.424. The molecule has 1 heterocycles. The molecule has 88 valence electrons. The van der Waals surface area contributed by atoms with Crippen molar-refractivity contribution in [3.05, 3.63) is 46.3 Å². The molecule has 0 saturated heterocycles. The summed E-state index contributed by atoms with van der Waals surface area (Å²) < 4.78 is 18.3. The lowest BCUT2D eigenvalue weighted by Gasteiger charge is -2.05. The van der Waals surface area contributed by atoms with Crippen LogP contribution in [-0.4, -0.2) is 10.9 Å². The number of nitrogens with one attached hydrogen (secondary N) is 1. The largest absolute Gasteiger partial charge is 0.438 e. The normalized spacial score (nSPS) is 10.3. The van der Waals surface area contributed by atoms with Gasteiger partial charge >= 0.3 is 0 Å². The van der Waals surface area contributed by atoms with Crippen LogP contribution in [0.25, 0.3) is 0 Å². The van der Waals surface area contributed by atoms with Crippen molar-refractivity contribution >= 4 is 27.5 Å². The van der Waals surface area contributed by atoms with E-state index in [9.17, 15) is 9.18 Å². The van der Waals surface area contributed by atoms with Crippen molar-refractivity contribution in [2.24, 2.45) is 0 Å². The lowest BCUT2D eigenvalue weighted by atomic mass is 10.3. The molecule has 0 atom stereocenters. The fraction of sp³-hybridized carbons (Fsp3) is 0.0909. The molecule has 0 aliphatic heterocycles. The zero-order valence-corrected chi connectivity index (χ0v) is 10.4. The van der Waals surface area contributed by atoms with Crippen molar-refractivity contribution in [3.8, 4) is 0 Å². The molecule has 0 unspecified atom stereocenters. The molecule has 1 aromatic heterocycles. The summed E-state index contributed by atoms with van der Waals surface area (Å²) in [5.74, 6) is -0.667. The monoisotopic (exact) mass is 298 g/mol. The van der Waals surface area contributed by atoms with Gasteiger partial charge in [-0.3, -0.25) is 4.79 Å². The van der Waals surface area contributed by atoms with E-state index >= 15 is 0 Å². The van der Waals surface area contributed by atoms with Crippen molar-refractivity contribution in [1.82, 2.24) is 4.98 Å². The topological polar surface area (TPSA) is 55.1 Å². The second-order valence-corrected chi connectivity index (χ2v) is 4.20. The fourth-order valence-electron chi connectivity index (χ4n) is 1.29. The molecule has 0 saturated carbocycles. The molecular weight excluding hydrogens is 291 g/mol. The predicted octanol–water partition coefficient (Wildman–Crippen LogP) is 3.14. The Labute approximate surface area is 105 Å². The van der Waals surface area contributed by atoms with Crippen molar-refractivity contribution in [1.29, 1.82) is 0 Å². The highest BCUT2D eigenvalue weighted by Gasteiger charge is 2.15. The van der Waals surface area contributed by atoms with Gasteiger partial charge < -0.3 is 9.73 Å². The van der Waals surface area contributed by atoms with Crippen LogP contribution in [0.15, 0.2) is 33.5 Å². The molecule has 2 rings (SSSR count). The number of carbonyl (C=O) groups is 1. The van der Waals surface area contributed by atoms with Gasteiger partial charge in [0.15, 0.2) is 6.39 Å². The quantitative estimate of drug-likeness (QED) is 0.927. The van der Waals surface area contributed by atoms with Gasteiger partial charge in [-0.15, -0.1) is 0 Å². The SMILES string of the molecule is Cc1ncoc1C(=O)Nc1ccc(F)cc1Br. The standard InChI is InChI=1S/C11H8BrFN2O2/c1-6-10(17-5-14-6)11(16)15-9-3-2-7(13)4-8(9)12/h2-5H,1H3,(H,15,16). The summed E-state index contributed by atoms with van der Waals surface area (Å²) in [6, 6.07) is 3.99. The van der Waals surface area contributed by atoms with Crippen LogP contribution in [0.1, 0.15) is 16.2 Å². The van der Waals surface area contributed by atoms with Gasteiger partial charge in [-0.1, -0.05) is 0 Å². The summed E-state index contributed by atoms with van der Waals surface area (Å²) in [6.45, 7) is 1.66. The summed E-state index contributed by atoms with van der Waals surface area (Å²) in [5, 5.41) is 2.59. The molecule has 0 aliphatic rings. The molecule has 0 aliphatic carbocycles. The number of nitrogens with zero attached hydrogens (tertiary/aromatic N) is 1. The van der Waals surface area contributed by atoms with Crippen molar-refractivity contribution in [2.75, 3.05) is 5.32 Å². The van der Waals surface area contributed by atoms with E-state index in [1.807, 2.05) is 0 Å². The molecular formula is C11H8BrFN2O2. The van der Waals surface area contributed by atoms with E-state index in [2.05, 4.69) is 26.2 Å². The minimum absolute atomic E-state index is 0.140. The third-order valence-electron chi connectivity index (χ3n) is 2.13. The first-order valence-corrected chi connectivity index (χ1v) is 5.53. The summed E-state index contributed by atoms with van der Waals surface area (Å²) >= 11 is 3.16. The molecule has 1 aromatic carbocycles. The maximum atomic E-state index is 12.9. The van der Waals surface area contributed by atoms with Crippen LogP contribution in [0.5, 0.6) is 0 Å². The Kier molecular flexibility index (Phi) is 3.23. The van der Waals surface area contributed by atoms with E-state index in [1.165, 1.54) is 24.6 Å². The van der Waals surface area contributed by atoms with E-state index in [0.717, 1.165) is 0 Å².